The number of fused-ring (bicyclic) bond motifs is 1. The highest BCUT2D eigenvalue weighted by atomic mass is 16.4. The summed E-state index contributed by atoms with van der Waals surface area (Å²) in [6.45, 7) is 1.82. The van der Waals surface area contributed by atoms with E-state index in [2.05, 4.69) is 11.1 Å². The van der Waals surface area contributed by atoms with Gasteiger partial charge in [0.1, 0.15) is 5.56 Å². The van der Waals surface area contributed by atoms with Gasteiger partial charge in [-0.2, -0.15) is 5.26 Å². The predicted octanol–water partition coefficient (Wildman–Crippen LogP) is 1.80. The second-order valence-electron chi connectivity index (χ2n) is 3.72. The zero-order valence-electron chi connectivity index (χ0n) is 9.34. The van der Waals surface area contributed by atoms with Crippen LogP contribution in [0.1, 0.15) is 28.2 Å². The van der Waals surface area contributed by atoms with Crippen LogP contribution in [0, 0.1) is 18.3 Å². The van der Waals surface area contributed by atoms with Crippen molar-refractivity contribution < 1.29 is 9.90 Å². The van der Waals surface area contributed by atoms with Gasteiger partial charge in [0.15, 0.2) is 5.65 Å². The second kappa shape index (κ2) is 4.26. The summed E-state index contributed by atoms with van der Waals surface area (Å²) in [6, 6.07) is 5.28. The monoisotopic (exact) mass is 229 g/mol. The van der Waals surface area contributed by atoms with Crippen molar-refractivity contribution in [3.63, 3.8) is 0 Å². The minimum absolute atomic E-state index is 0.179. The first kappa shape index (κ1) is 11.1. The summed E-state index contributed by atoms with van der Waals surface area (Å²) in [7, 11) is 0. The van der Waals surface area contributed by atoms with E-state index >= 15 is 0 Å². The fraction of sp³-hybridized carbons (Fsp3) is 0.250. The van der Waals surface area contributed by atoms with Crippen LogP contribution in [0.2, 0.25) is 0 Å². The maximum absolute atomic E-state index is 11.0. The summed E-state index contributed by atoms with van der Waals surface area (Å²) in [5, 5.41) is 17.7. The lowest BCUT2D eigenvalue weighted by atomic mass is 10.2. The van der Waals surface area contributed by atoms with E-state index in [0.717, 1.165) is 11.4 Å². The van der Waals surface area contributed by atoms with Crippen LogP contribution in [0.3, 0.4) is 0 Å². The minimum atomic E-state index is -0.993. The number of pyridine rings is 1. The van der Waals surface area contributed by atoms with E-state index in [4.69, 9.17) is 10.4 Å². The predicted molar refractivity (Wildman–Crippen MR) is 60.8 cm³/mol. The zero-order valence-corrected chi connectivity index (χ0v) is 9.34. The van der Waals surface area contributed by atoms with Crippen LogP contribution in [0.4, 0.5) is 0 Å². The number of nitrogens with zero attached hydrogens (tertiary/aromatic N) is 3. The summed E-state index contributed by atoms with van der Waals surface area (Å²) in [6.07, 6.45) is 2.74. The molecule has 0 unspecified atom stereocenters. The molecule has 0 bridgehead atoms. The van der Waals surface area contributed by atoms with Crippen molar-refractivity contribution >= 4 is 11.6 Å². The highest BCUT2D eigenvalue weighted by molar-refractivity contribution is 5.94. The third-order valence-electron chi connectivity index (χ3n) is 2.65. The molecule has 0 radical (unpaired) electrons. The molecule has 0 aliphatic heterocycles. The number of carboxylic acids is 1. The maximum Gasteiger partial charge on any atom is 0.339 e. The highest BCUT2D eigenvalue weighted by Crippen LogP contribution is 2.17. The lowest BCUT2D eigenvalue weighted by Crippen LogP contribution is -2.01. The van der Waals surface area contributed by atoms with E-state index in [9.17, 15) is 4.79 Å². The number of aromatic carboxylic acids is 1. The molecule has 0 atom stereocenters. The molecule has 2 aromatic heterocycles. The molecule has 0 saturated heterocycles. The first-order valence-electron chi connectivity index (χ1n) is 5.22. The van der Waals surface area contributed by atoms with E-state index in [1.807, 2.05) is 6.92 Å². The number of aryl methyl sites for hydroxylation is 2. The van der Waals surface area contributed by atoms with Crippen molar-refractivity contribution in [3.05, 3.63) is 35.3 Å². The Kier molecular flexibility index (Phi) is 2.79. The molecular formula is C12H11N3O2. The molecule has 0 spiro atoms. The Bertz CT molecular complexity index is 622. The summed E-state index contributed by atoms with van der Waals surface area (Å²) < 4.78 is 1.75. The van der Waals surface area contributed by atoms with E-state index in [-0.39, 0.29) is 5.56 Å². The second-order valence-corrected chi connectivity index (χ2v) is 3.72. The fourth-order valence-electron chi connectivity index (χ4n) is 1.87. The molecule has 2 aromatic rings. The molecule has 86 valence electrons. The van der Waals surface area contributed by atoms with Gasteiger partial charge in [-0.1, -0.05) is 0 Å². The lowest BCUT2D eigenvalue weighted by molar-refractivity contribution is 0.0698. The Hall–Kier alpha value is -2.35. The van der Waals surface area contributed by atoms with Crippen LogP contribution in [0.25, 0.3) is 5.65 Å². The standard InChI is InChI=1S/C12H11N3O2/c1-8-10(5-2-6-13)15-7-3-4-9(12(16)17)11(15)14-8/h3-4,7H,2,5H2,1H3,(H,16,17). The lowest BCUT2D eigenvalue weighted by Gasteiger charge is -2.01. The summed E-state index contributed by atoms with van der Waals surface area (Å²) >= 11 is 0. The molecule has 0 saturated carbocycles. The molecular weight excluding hydrogens is 218 g/mol. The average Bonchev–Trinajstić information content (AvgIpc) is 2.61. The van der Waals surface area contributed by atoms with Crippen molar-refractivity contribution in [1.82, 2.24) is 9.38 Å². The zero-order chi connectivity index (χ0) is 12.4. The van der Waals surface area contributed by atoms with Crippen molar-refractivity contribution in [2.24, 2.45) is 0 Å². The molecule has 5 nitrogen and oxygen atoms in total. The molecule has 0 fully saturated rings. The number of aromatic nitrogens is 2. The number of nitriles is 1. The summed E-state index contributed by atoms with van der Waals surface area (Å²) in [4.78, 5) is 15.3. The average molecular weight is 229 g/mol. The van der Waals surface area contributed by atoms with Gasteiger partial charge in [-0.15, -0.1) is 0 Å². The Balaban J connectivity index is 2.64. The van der Waals surface area contributed by atoms with E-state index in [0.29, 0.717) is 18.5 Å². The van der Waals surface area contributed by atoms with Crippen LogP contribution in [0.15, 0.2) is 18.3 Å². The number of carboxylic acid groups (broad SMARTS) is 1. The summed E-state index contributed by atoms with van der Waals surface area (Å²) in [5.74, 6) is -0.993. The van der Waals surface area contributed by atoms with Gasteiger partial charge in [0, 0.05) is 24.7 Å². The third kappa shape index (κ3) is 1.85. The number of rotatable bonds is 3. The largest absolute Gasteiger partial charge is 0.478 e. The Labute approximate surface area is 97.9 Å². The topological polar surface area (TPSA) is 78.4 Å². The minimum Gasteiger partial charge on any atom is -0.478 e. The molecule has 5 heteroatoms. The molecule has 0 aliphatic rings. The number of carbonyl (C=O) groups is 1. The molecule has 0 amide bonds. The van der Waals surface area contributed by atoms with Crippen LogP contribution < -0.4 is 0 Å². The van der Waals surface area contributed by atoms with E-state index in [1.54, 1.807) is 16.7 Å². The summed E-state index contributed by atoms with van der Waals surface area (Å²) in [5.41, 5.74) is 2.28. The van der Waals surface area contributed by atoms with Crippen molar-refractivity contribution in [3.8, 4) is 6.07 Å². The SMILES string of the molecule is Cc1nc2c(C(=O)O)cccn2c1CCC#N. The van der Waals surface area contributed by atoms with Crippen LogP contribution in [-0.2, 0) is 6.42 Å². The molecule has 0 aromatic carbocycles. The maximum atomic E-state index is 11.0. The van der Waals surface area contributed by atoms with Gasteiger partial charge < -0.3 is 9.51 Å². The van der Waals surface area contributed by atoms with Crippen molar-refractivity contribution in [2.75, 3.05) is 0 Å². The molecule has 2 rings (SSSR count). The normalized spacial score (nSPS) is 10.4. The molecule has 1 N–H and O–H groups in total. The van der Waals surface area contributed by atoms with Gasteiger partial charge in [0.2, 0.25) is 0 Å². The van der Waals surface area contributed by atoms with Crippen molar-refractivity contribution in [1.29, 1.82) is 5.26 Å². The van der Waals surface area contributed by atoms with Crippen LogP contribution in [0.5, 0.6) is 0 Å². The van der Waals surface area contributed by atoms with Crippen molar-refractivity contribution in [2.45, 2.75) is 19.8 Å². The fourth-order valence-corrected chi connectivity index (χ4v) is 1.87. The quantitative estimate of drug-likeness (QED) is 0.870. The highest BCUT2D eigenvalue weighted by Gasteiger charge is 2.14. The molecule has 17 heavy (non-hydrogen) atoms. The first-order valence-corrected chi connectivity index (χ1v) is 5.22. The number of hydrogen-bond acceptors (Lipinski definition) is 3. The third-order valence-corrected chi connectivity index (χ3v) is 2.65. The van der Waals surface area contributed by atoms with Gasteiger partial charge in [-0.05, 0) is 19.1 Å². The Morgan fingerprint density at radius 2 is 2.41 bits per heavy atom. The Morgan fingerprint density at radius 3 is 3.06 bits per heavy atom. The van der Waals surface area contributed by atoms with Gasteiger partial charge in [-0.3, -0.25) is 0 Å². The van der Waals surface area contributed by atoms with Crippen LogP contribution >= 0.6 is 0 Å². The van der Waals surface area contributed by atoms with Crippen LogP contribution in [-0.4, -0.2) is 20.5 Å². The van der Waals surface area contributed by atoms with Gasteiger partial charge in [-0.25, -0.2) is 9.78 Å². The number of imidazole rings is 1. The Morgan fingerprint density at radius 1 is 1.65 bits per heavy atom. The number of hydrogen-bond donors (Lipinski definition) is 1. The van der Waals surface area contributed by atoms with Gasteiger partial charge in [0.25, 0.3) is 0 Å². The first-order chi connectivity index (χ1) is 8.15. The van der Waals surface area contributed by atoms with Gasteiger partial charge in [0.05, 0.1) is 11.8 Å². The van der Waals surface area contributed by atoms with E-state index in [1.165, 1.54) is 6.07 Å². The molecule has 0 aliphatic carbocycles. The van der Waals surface area contributed by atoms with Gasteiger partial charge >= 0.3 is 5.97 Å². The molecule has 2 heterocycles. The van der Waals surface area contributed by atoms with E-state index < -0.39 is 5.97 Å². The smallest absolute Gasteiger partial charge is 0.339 e.